The lowest BCUT2D eigenvalue weighted by atomic mass is 10.3. The molecular weight excluding hydrogens is 148 g/mol. The van der Waals surface area contributed by atoms with E-state index in [2.05, 4.69) is 22.6 Å². The van der Waals surface area contributed by atoms with E-state index in [4.69, 9.17) is 0 Å². The lowest BCUT2D eigenvalue weighted by Crippen LogP contribution is -2.14. The molecule has 0 radical (unpaired) electrons. The molecule has 0 aromatic carbocycles. The third-order valence-corrected chi connectivity index (χ3v) is 1.03. The molecule has 0 aromatic heterocycles. The van der Waals surface area contributed by atoms with Crippen LogP contribution in [0, 0.1) is 10.1 Å². The molecule has 1 N–H and O–H groups in total. The lowest BCUT2D eigenvalue weighted by molar-refractivity contribution is -0.494. The van der Waals surface area contributed by atoms with Crippen molar-refractivity contribution in [1.29, 1.82) is 0 Å². The van der Waals surface area contributed by atoms with E-state index in [-0.39, 0.29) is 6.67 Å². The summed E-state index contributed by atoms with van der Waals surface area (Å²) in [5, 5.41) is 17.6. The first kappa shape index (κ1) is 9.96. The summed E-state index contributed by atoms with van der Waals surface area (Å²) < 4.78 is 0. The van der Waals surface area contributed by atoms with Gasteiger partial charge in [0.25, 0.3) is 0 Å². The fourth-order valence-electron chi connectivity index (χ4n) is 0.514. The van der Waals surface area contributed by atoms with E-state index in [1.165, 1.54) is 0 Å². The SMILES string of the molecule is CCCCNCN=N[N+](=O)[O-]. The zero-order valence-electron chi connectivity index (χ0n) is 6.49. The van der Waals surface area contributed by atoms with Crippen LogP contribution in [-0.2, 0) is 0 Å². The fourth-order valence-corrected chi connectivity index (χ4v) is 0.514. The monoisotopic (exact) mass is 160 g/mol. The quantitative estimate of drug-likeness (QED) is 0.272. The van der Waals surface area contributed by atoms with Crippen LogP contribution in [-0.4, -0.2) is 18.2 Å². The first-order valence-electron chi connectivity index (χ1n) is 3.50. The average molecular weight is 160 g/mol. The molecule has 64 valence electrons. The normalized spacial score (nSPS) is 10.6. The summed E-state index contributed by atoms with van der Waals surface area (Å²) in [6.07, 6.45) is 2.15. The Balaban J connectivity index is 3.07. The smallest absolute Gasteiger partial charge is 0.209 e. The Kier molecular flexibility index (Phi) is 6.40. The fraction of sp³-hybridized carbons (Fsp3) is 1.00. The Morgan fingerprint density at radius 1 is 1.64 bits per heavy atom. The van der Waals surface area contributed by atoms with E-state index < -0.39 is 5.03 Å². The number of hydrogen-bond donors (Lipinski definition) is 1. The zero-order chi connectivity index (χ0) is 8.53. The Bertz CT molecular complexity index is 136. The number of hydrogen-bond acceptors (Lipinski definition) is 4. The third-order valence-electron chi connectivity index (χ3n) is 1.03. The van der Waals surface area contributed by atoms with Gasteiger partial charge in [0, 0.05) is 0 Å². The molecule has 0 amide bonds. The summed E-state index contributed by atoms with van der Waals surface area (Å²) in [5.41, 5.74) is 0. The van der Waals surface area contributed by atoms with Crippen LogP contribution >= 0.6 is 0 Å². The molecule has 0 saturated carbocycles. The lowest BCUT2D eigenvalue weighted by Gasteiger charge is -1.92. The number of rotatable bonds is 6. The maximum Gasteiger partial charge on any atom is 0.209 e. The van der Waals surface area contributed by atoms with Crippen LogP contribution in [0.4, 0.5) is 0 Å². The van der Waals surface area contributed by atoms with E-state index >= 15 is 0 Å². The molecule has 0 spiro atoms. The largest absolute Gasteiger partial charge is 0.337 e. The topological polar surface area (TPSA) is 79.9 Å². The second-order valence-electron chi connectivity index (χ2n) is 1.98. The van der Waals surface area contributed by atoms with Crippen molar-refractivity contribution in [2.75, 3.05) is 13.2 Å². The van der Waals surface area contributed by atoms with Crippen molar-refractivity contribution < 1.29 is 5.03 Å². The number of nitrogens with zero attached hydrogens (tertiary/aromatic N) is 3. The van der Waals surface area contributed by atoms with Crippen LogP contribution in [0.3, 0.4) is 0 Å². The highest BCUT2D eigenvalue weighted by Crippen LogP contribution is 1.82. The molecule has 0 fully saturated rings. The maximum absolute atomic E-state index is 9.61. The summed E-state index contributed by atoms with van der Waals surface area (Å²) in [4.78, 5) is 9.61. The Hall–Kier alpha value is -1.04. The van der Waals surface area contributed by atoms with Gasteiger partial charge in [-0.05, 0) is 13.0 Å². The molecule has 0 rings (SSSR count). The van der Waals surface area contributed by atoms with Gasteiger partial charge in [-0.3, -0.25) is 5.32 Å². The Morgan fingerprint density at radius 3 is 2.91 bits per heavy atom. The average Bonchev–Trinajstić information content (AvgIpc) is 1.96. The van der Waals surface area contributed by atoms with Crippen LogP contribution in [0.5, 0.6) is 0 Å². The zero-order valence-corrected chi connectivity index (χ0v) is 6.49. The van der Waals surface area contributed by atoms with E-state index in [1.807, 2.05) is 0 Å². The first-order chi connectivity index (χ1) is 5.27. The molecule has 6 nitrogen and oxygen atoms in total. The van der Waals surface area contributed by atoms with Crippen LogP contribution in [0.25, 0.3) is 0 Å². The van der Waals surface area contributed by atoms with Gasteiger partial charge in [-0.15, -0.1) is 0 Å². The van der Waals surface area contributed by atoms with Crippen molar-refractivity contribution in [3.05, 3.63) is 10.1 Å². The second kappa shape index (κ2) is 7.07. The second-order valence-corrected chi connectivity index (χ2v) is 1.98. The van der Waals surface area contributed by atoms with Crippen LogP contribution in [0.15, 0.2) is 10.3 Å². The van der Waals surface area contributed by atoms with Gasteiger partial charge in [0.05, 0.1) is 10.1 Å². The summed E-state index contributed by atoms with van der Waals surface area (Å²) in [5.74, 6) is 0. The predicted octanol–water partition coefficient (Wildman–Crippen LogP) is 0.977. The number of nitrogens with one attached hydrogen (secondary N) is 1. The van der Waals surface area contributed by atoms with Gasteiger partial charge in [0.1, 0.15) is 0 Å². The van der Waals surface area contributed by atoms with Crippen LogP contribution in [0.1, 0.15) is 19.8 Å². The molecule has 0 aromatic rings. The minimum absolute atomic E-state index is 0.223. The highest BCUT2D eigenvalue weighted by atomic mass is 16.7. The van der Waals surface area contributed by atoms with Gasteiger partial charge >= 0.3 is 0 Å². The molecular formula is C5H12N4O2. The van der Waals surface area contributed by atoms with Crippen molar-refractivity contribution in [3.8, 4) is 0 Å². The van der Waals surface area contributed by atoms with Crippen molar-refractivity contribution >= 4 is 0 Å². The molecule has 0 bridgehead atoms. The molecule has 0 unspecified atom stereocenters. The van der Waals surface area contributed by atoms with E-state index in [1.54, 1.807) is 0 Å². The van der Waals surface area contributed by atoms with Gasteiger partial charge in [-0.2, -0.15) is 0 Å². The summed E-state index contributed by atoms with van der Waals surface area (Å²) in [6.45, 7) is 3.12. The maximum atomic E-state index is 9.61. The van der Waals surface area contributed by atoms with Crippen molar-refractivity contribution in [3.63, 3.8) is 0 Å². The van der Waals surface area contributed by atoms with Crippen molar-refractivity contribution in [1.82, 2.24) is 5.32 Å². The standard InChI is InChI=1S/C5H12N4O2/c1-2-3-4-6-5-7-8-9(10)11/h6H,2-5H2,1H3. The van der Waals surface area contributed by atoms with Crippen LogP contribution in [0.2, 0.25) is 0 Å². The third kappa shape index (κ3) is 8.96. The molecule has 11 heavy (non-hydrogen) atoms. The number of nitro groups is 1. The molecule has 0 atom stereocenters. The van der Waals surface area contributed by atoms with Gasteiger partial charge in [0.15, 0.2) is 5.22 Å². The van der Waals surface area contributed by atoms with Crippen molar-refractivity contribution in [2.24, 2.45) is 10.3 Å². The molecule has 0 saturated heterocycles. The van der Waals surface area contributed by atoms with E-state index in [0.29, 0.717) is 0 Å². The van der Waals surface area contributed by atoms with Gasteiger partial charge in [-0.1, -0.05) is 13.3 Å². The van der Waals surface area contributed by atoms with Gasteiger partial charge in [-0.25, -0.2) is 0 Å². The van der Waals surface area contributed by atoms with E-state index in [9.17, 15) is 10.1 Å². The Labute approximate surface area is 64.8 Å². The minimum atomic E-state index is -0.818. The summed E-state index contributed by atoms with van der Waals surface area (Å²) in [6, 6.07) is 0. The molecule has 6 heteroatoms. The molecule has 0 aliphatic rings. The van der Waals surface area contributed by atoms with Gasteiger partial charge < -0.3 is 10.1 Å². The highest BCUT2D eigenvalue weighted by Gasteiger charge is 1.88. The highest BCUT2D eigenvalue weighted by molar-refractivity contribution is 4.40. The molecule has 0 heterocycles. The van der Waals surface area contributed by atoms with Gasteiger partial charge in [0.2, 0.25) is 6.67 Å². The van der Waals surface area contributed by atoms with E-state index in [0.717, 1.165) is 19.4 Å². The number of unbranched alkanes of at least 4 members (excludes halogenated alkanes) is 1. The van der Waals surface area contributed by atoms with Crippen molar-refractivity contribution in [2.45, 2.75) is 19.8 Å². The molecule has 0 aliphatic heterocycles. The summed E-state index contributed by atoms with van der Waals surface area (Å²) >= 11 is 0. The molecule has 0 aliphatic carbocycles. The Morgan fingerprint density at radius 2 is 2.36 bits per heavy atom. The minimum Gasteiger partial charge on any atom is -0.337 e. The summed E-state index contributed by atoms with van der Waals surface area (Å²) in [7, 11) is 0. The predicted molar refractivity (Wildman–Crippen MR) is 39.6 cm³/mol. The van der Waals surface area contributed by atoms with Crippen LogP contribution < -0.4 is 5.32 Å². The first-order valence-corrected chi connectivity index (χ1v) is 3.50.